The van der Waals surface area contributed by atoms with Gasteiger partial charge in [-0.3, -0.25) is 0 Å². The zero-order valence-corrected chi connectivity index (χ0v) is 11.3. The topological polar surface area (TPSA) is 37.4 Å². The quantitative estimate of drug-likeness (QED) is 0.752. The molecule has 0 aromatic heterocycles. The number of nitrogens with zero attached hydrogens (tertiary/aromatic N) is 1. The van der Waals surface area contributed by atoms with Crippen molar-refractivity contribution in [1.82, 2.24) is 4.31 Å². The summed E-state index contributed by atoms with van der Waals surface area (Å²) in [5.74, 6) is -6.36. The van der Waals surface area contributed by atoms with Crippen LogP contribution in [0.2, 0.25) is 0 Å². The van der Waals surface area contributed by atoms with Gasteiger partial charge in [-0.05, 0) is 18.3 Å². The Bertz CT molecular complexity index is 407. The highest BCUT2D eigenvalue weighted by Crippen LogP contribution is 2.38. The molecule has 3 nitrogen and oxygen atoms in total. The van der Waals surface area contributed by atoms with Gasteiger partial charge in [-0.2, -0.15) is 26.3 Å². The van der Waals surface area contributed by atoms with Crippen LogP contribution >= 0.6 is 0 Å². The third-order valence-corrected chi connectivity index (χ3v) is 4.91. The van der Waals surface area contributed by atoms with Crippen molar-refractivity contribution >= 4 is 10.0 Å². The van der Waals surface area contributed by atoms with Crippen LogP contribution in [0.5, 0.6) is 0 Å². The minimum atomic E-state index is -4.96. The maximum absolute atomic E-state index is 12.7. The molecule has 0 aromatic rings. The van der Waals surface area contributed by atoms with Crippen LogP contribution in [0.15, 0.2) is 0 Å². The summed E-state index contributed by atoms with van der Waals surface area (Å²) >= 11 is 0. The number of halogens is 5. The van der Waals surface area contributed by atoms with Gasteiger partial charge in [0.15, 0.2) is 0 Å². The summed E-state index contributed by atoms with van der Waals surface area (Å²) in [5, 5.41) is 0. The molecule has 0 amide bonds. The van der Waals surface area contributed by atoms with Gasteiger partial charge in [0.25, 0.3) is 10.0 Å². The molecule has 0 spiro atoms. The maximum Gasteiger partial charge on any atom is 0.393 e. The van der Waals surface area contributed by atoms with E-state index in [9.17, 15) is 30.4 Å². The van der Waals surface area contributed by atoms with Crippen molar-refractivity contribution in [2.24, 2.45) is 17.8 Å². The van der Waals surface area contributed by atoms with Crippen LogP contribution in [0.4, 0.5) is 22.0 Å². The molecule has 0 radical (unpaired) electrons. The second kappa shape index (κ2) is 5.51. The molecule has 1 fully saturated rings. The van der Waals surface area contributed by atoms with Crippen molar-refractivity contribution in [3.8, 4) is 0 Å². The molecule has 0 bridgehead atoms. The number of alkyl halides is 5. The summed E-state index contributed by atoms with van der Waals surface area (Å²) in [6.07, 6.45) is -4.81. The fourth-order valence-corrected chi connectivity index (χ4v) is 3.15. The Morgan fingerprint density at radius 3 is 2.05 bits per heavy atom. The fraction of sp³-hybridized carbons (Fsp3) is 1.00. The SMILES string of the molecule is CC(C)[C@H]1C[C@@H](C(F)(F)F)CN(S(=O)(=O)C(F)F)C1. The number of hydrogen-bond acceptors (Lipinski definition) is 2. The van der Waals surface area contributed by atoms with Crippen molar-refractivity contribution in [2.75, 3.05) is 13.1 Å². The lowest BCUT2D eigenvalue weighted by Gasteiger charge is -2.39. The van der Waals surface area contributed by atoms with E-state index in [-0.39, 0.29) is 23.2 Å². The molecule has 9 heteroatoms. The van der Waals surface area contributed by atoms with E-state index in [1.54, 1.807) is 13.8 Å². The van der Waals surface area contributed by atoms with Crippen molar-refractivity contribution in [1.29, 1.82) is 0 Å². The summed E-state index contributed by atoms with van der Waals surface area (Å²) < 4.78 is 86.0. The molecular formula is C10H16F5NO2S. The highest BCUT2D eigenvalue weighted by Gasteiger charge is 2.48. The lowest BCUT2D eigenvalue weighted by atomic mass is 9.83. The van der Waals surface area contributed by atoms with Gasteiger partial charge in [0.1, 0.15) is 0 Å². The van der Waals surface area contributed by atoms with Crippen LogP contribution in [-0.4, -0.2) is 37.7 Å². The third-order valence-electron chi connectivity index (χ3n) is 3.44. The molecule has 2 atom stereocenters. The summed E-state index contributed by atoms with van der Waals surface area (Å²) in [7, 11) is -4.96. The van der Waals surface area contributed by atoms with Crippen molar-refractivity contribution in [3.05, 3.63) is 0 Å². The first-order chi connectivity index (χ1) is 8.46. The number of hydrogen-bond donors (Lipinski definition) is 0. The summed E-state index contributed by atoms with van der Waals surface area (Å²) in [4.78, 5) is 0. The zero-order valence-electron chi connectivity index (χ0n) is 10.5. The van der Waals surface area contributed by atoms with E-state index in [2.05, 4.69) is 0 Å². The molecule has 1 rings (SSSR count). The van der Waals surface area contributed by atoms with E-state index in [0.717, 1.165) is 0 Å². The lowest BCUT2D eigenvalue weighted by molar-refractivity contribution is -0.188. The van der Waals surface area contributed by atoms with E-state index in [1.165, 1.54) is 0 Å². The Morgan fingerprint density at radius 1 is 1.16 bits per heavy atom. The van der Waals surface area contributed by atoms with Gasteiger partial charge in [-0.1, -0.05) is 13.8 Å². The predicted molar refractivity (Wildman–Crippen MR) is 59.0 cm³/mol. The highest BCUT2D eigenvalue weighted by molar-refractivity contribution is 7.89. The van der Waals surface area contributed by atoms with Crippen LogP contribution in [0.25, 0.3) is 0 Å². The molecule has 0 aliphatic carbocycles. The standard InChI is InChI=1S/C10H16F5NO2S/c1-6(2)7-3-8(10(13,14)15)5-16(4-7)19(17,18)9(11)12/h6-9H,3-5H2,1-2H3/t7-,8+/m0/s1. The molecule has 1 saturated heterocycles. The predicted octanol–water partition coefficient (Wildman–Crippen LogP) is 2.70. The molecule has 1 aliphatic rings. The Balaban J connectivity index is 3.01. The maximum atomic E-state index is 12.7. The van der Waals surface area contributed by atoms with Gasteiger partial charge in [0.2, 0.25) is 0 Å². The Hall–Kier alpha value is -0.440. The molecule has 0 unspecified atom stereocenters. The second-order valence-corrected chi connectivity index (χ2v) is 7.00. The molecule has 0 N–H and O–H groups in total. The minimum absolute atomic E-state index is 0.208. The first-order valence-corrected chi connectivity index (χ1v) is 7.30. The monoisotopic (exact) mass is 309 g/mol. The van der Waals surface area contributed by atoms with Crippen LogP contribution in [0.1, 0.15) is 20.3 Å². The van der Waals surface area contributed by atoms with Crippen LogP contribution < -0.4 is 0 Å². The molecule has 1 aliphatic heterocycles. The highest BCUT2D eigenvalue weighted by atomic mass is 32.2. The smallest absolute Gasteiger partial charge is 0.206 e. The van der Waals surface area contributed by atoms with Gasteiger partial charge < -0.3 is 0 Å². The Labute approximate surface area is 108 Å². The van der Waals surface area contributed by atoms with Gasteiger partial charge in [-0.15, -0.1) is 0 Å². The lowest BCUT2D eigenvalue weighted by Crippen LogP contribution is -2.50. The number of rotatable bonds is 3. The first kappa shape index (κ1) is 16.6. The van der Waals surface area contributed by atoms with Gasteiger partial charge in [0.05, 0.1) is 5.92 Å². The van der Waals surface area contributed by atoms with Crippen molar-refractivity contribution < 1.29 is 30.4 Å². The molecule has 19 heavy (non-hydrogen) atoms. The van der Waals surface area contributed by atoms with Crippen LogP contribution in [0, 0.1) is 17.8 Å². The Kier molecular flexibility index (Phi) is 4.82. The molecule has 1 heterocycles. The zero-order chi connectivity index (χ0) is 15.0. The average Bonchev–Trinajstić information content (AvgIpc) is 2.26. The van der Waals surface area contributed by atoms with Gasteiger partial charge >= 0.3 is 11.9 Å². The van der Waals surface area contributed by atoms with E-state index in [1.807, 2.05) is 0 Å². The van der Waals surface area contributed by atoms with Gasteiger partial charge in [0, 0.05) is 13.1 Å². The summed E-state index contributed by atoms with van der Waals surface area (Å²) in [5.41, 5.74) is 0. The van der Waals surface area contributed by atoms with E-state index in [0.29, 0.717) is 0 Å². The van der Waals surface area contributed by atoms with Crippen molar-refractivity contribution in [3.63, 3.8) is 0 Å². The average molecular weight is 309 g/mol. The summed E-state index contributed by atoms with van der Waals surface area (Å²) in [6.45, 7) is 2.10. The van der Waals surface area contributed by atoms with Crippen molar-refractivity contribution in [2.45, 2.75) is 32.2 Å². The molecule has 0 aromatic carbocycles. The Morgan fingerprint density at radius 2 is 1.68 bits per heavy atom. The third kappa shape index (κ3) is 3.77. The largest absolute Gasteiger partial charge is 0.393 e. The van der Waals surface area contributed by atoms with Crippen LogP contribution in [-0.2, 0) is 10.0 Å². The summed E-state index contributed by atoms with van der Waals surface area (Å²) in [6, 6.07) is 0. The molecule has 0 saturated carbocycles. The minimum Gasteiger partial charge on any atom is -0.206 e. The number of piperidine rings is 1. The molecular weight excluding hydrogens is 293 g/mol. The van der Waals surface area contributed by atoms with E-state index in [4.69, 9.17) is 0 Å². The first-order valence-electron chi connectivity index (χ1n) is 5.80. The van der Waals surface area contributed by atoms with E-state index >= 15 is 0 Å². The van der Waals surface area contributed by atoms with E-state index < -0.39 is 40.3 Å². The molecule has 114 valence electrons. The second-order valence-electron chi connectivity index (χ2n) is 5.10. The van der Waals surface area contributed by atoms with Gasteiger partial charge in [-0.25, -0.2) is 8.42 Å². The number of sulfonamides is 1. The normalized spacial score (nSPS) is 27.2. The van der Waals surface area contributed by atoms with Crippen LogP contribution in [0.3, 0.4) is 0 Å². The fourth-order valence-electron chi connectivity index (χ4n) is 2.14.